The molecule has 3 rings (SSSR count). The molecule has 150 valence electrons. The van der Waals surface area contributed by atoms with Crippen molar-refractivity contribution in [2.24, 2.45) is 0 Å². The number of carbonyl (C=O) groups is 1. The molecule has 0 radical (unpaired) electrons. The maximum Gasteiger partial charge on any atom is 0.253 e. The van der Waals surface area contributed by atoms with Crippen LogP contribution in [0.1, 0.15) is 17.3 Å². The summed E-state index contributed by atoms with van der Waals surface area (Å²) in [6.07, 6.45) is 3.13. The number of aromatic nitrogens is 2. The molecule has 0 aliphatic heterocycles. The lowest BCUT2D eigenvalue weighted by atomic mass is 10.1. The number of likely N-dealkylation sites (N-methyl/N-ethyl adjacent to an activating group) is 1. The number of anilines is 1. The summed E-state index contributed by atoms with van der Waals surface area (Å²) >= 11 is 0. The number of hydrogen-bond acceptors (Lipinski definition) is 6. The van der Waals surface area contributed by atoms with E-state index in [4.69, 9.17) is 15.2 Å². The van der Waals surface area contributed by atoms with Crippen molar-refractivity contribution in [2.75, 3.05) is 32.5 Å². The highest BCUT2D eigenvalue weighted by Crippen LogP contribution is 2.19. The maximum absolute atomic E-state index is 12.6. The summed E-state index contributed by atoms with van der Waals surface area (Å²) in [6, 6.07) is 14.6. The smallest absolute Gasteiger partial charge is 0.253 e. The largest absolute Gasteiger partial charge is 0.494 e. The van der Waals surface area contributed by atoms with Gasteiger partial charge in [-0.25, -0.2) is 4.98 Å². The molecule has 0 fully saturated rings. The van der Waals surface area contributed by atoms with Gasteiger partial charge in [0, 0.05) is 18.2 Å². The number of nitrogen functional groups attached to an aromatic ring is 1. The maximum atomic E-state index is 12.6. The van der Waals surface area contributed by atoms with E-state index in [0.29, 0.717) is 36.8 Å². The average Bonchev–Trinajstić information content (AvgIpc) is 2.75. The Morgan fingerprint density at radius 1 is 1.00 bits per heavy atom. The quantitative estimate of drug-likeness (QED) is 0.633. The fraction of sp³-hybridized carbons (Fsp3) is 0.227. The van der Waals surface area contributed by atoms with Crippen LogP contribution in [0.3, 0.4) is 0 Å². The molecule has 0 bridgehead atoms. The van der Waals surface area contributed by atoms with Crippen molar-refractivity contribution in [1.82, 2.24) is 14.9 Å². The van der Waals surface area contributed by atoms with Crippen LogP contribution in [-0.2, 0) is 0 Å². The fourth-order valence-corrected chi connectivity index (χ4v) is 2.72. The summed E-state index contributed by atoms with van der Waals surface area (Å²) in [5.41, 5.74) is 7.78. The van der Waals surface area contributed by atoms with Gasteiger partial charge in [-0.2, -0.15) is 0 Å². The summed E-state index contributed by atoms with van der Waals surface area (Å²) in [6.45, 7) is 3.43. The van der Waals surface area contributed by atoms with Gasteiger partial charge in [0.1, 0.15) is 23.9 Å². The lowest BCUT2D eigenvalue weighted by Crippen LogP contribution is -2.30. The summed E-state index contributed by atoms with van der Waals surface area (Å²) < 4.78 is 11.1. The molecule has 0 atom stereocenters. The van der Waals surface area contributed by atoms with Crippen molar-refractivity contribution in [3.8, 4) is 22.8 Å². The molecule has 1 heterocycles. The third-order valence-corrected chi connectivity index (χ3v) is 4.26. The van der Waals surface area contributed by atoms with E-state index in [1.54, 1.807) is 30.3 Å². The Kier molecular flexibility index (Phi) is 6.63. The van der Waals surface area contributed by atoms with Gasteiger partial charge in [0.25, 0.3) is 5.91 Å². The molecule has 0 aliphatic carbocycles. The number of hydrogen-bond donors (Lipinski definition) is 1. The molecule has 0 spiro atoms. The van der Waals surface area contributed by atoms with Crippen LogP contribution in [0, 0.1) is 0 Å². The van der Waals surface area contributed by atoms with Crippen LogP contribution in [-0.4, -0.2) is 47.6 Å². The second-order valence-corrected chi connectivity index (χ2v) is 6.39. The molecule has 3 aromatic rings. The summed E-state index contributed by atoms with van der Waals surface area (Å²) in [5.74, 6) is 1.82. The van der Waals surface area contributed by atoms with Crippen molar-refractivity contribution in [2.45, 2.75) is 6.92 Å². The Balaban J connectivity index is 1.53. The van der Waals surface area contributed by atoms with Gasteiger partial charge in [-0.05, 0) is 43.3 Å². The molecule has 0 saturated carbocycles. The Hall–Kier alpha value is -3.61. The first-order valence-corrected chi connectivity index (χ1v) is 9.36. The van der Waals surface area contributed by atoms with Gasteiger partial charge in [0.15, 0.2) is 0 Å². The van der Waals surface area contributed by atoms with Gasteiger partial charge in [-0.1, -0.05) is 12.1 Å². The third-order valence-electron chi connectivity index (χ3n) is 4.26. The minimum Gasteiger partial charge on any atom is -0.494 e. The van der Waals surface area contributed by atoms with Crippen molar-refractivity contribution < 1.29 is 14.3 Å². The normalized spacial score (nSPS) is 10.4. The Morgan fingerprint density at radius 2 is 1.66 bits per heavy atom. The van der Waals surface area contributed by atoms with E-state index in [0.717, 1.165) is 17.1 Å². The number of rotatable bonds is 8. The Labute approximate surface area is 170 Å². The van der Waals surface area contributed by atoms with E-state index in [9.17, 15) is 4.79 Å². The van der Waals surface area contributed by atoms with Gasteiger partial charge < -0.3 is 20.1 Å². The number of ether oxygens (including phenoxy) is 2. The van der Waals surface area contributed by atoms with Crippen LogP contribution < -0.4 is 15.2 Å². The van der Waals surface area contributed by atoms with Crippen LogP contribution in [0.2, 0.25) is 0 Å². The lowest BCUT2D eigenvalue weighted by Gasteiger charge is -2.18. The zero-order chi connectivity index (χ0) is 20.6. The molecule has 7 nitrogen and oxygen atoms in total. The molecule has 0 unspecified atom stereocenters. The molecular formula is C22H24N4O3. The van der Waals surface area contributed by atoms with Crippen molar-refractivity contribution in [1.29, 1.82) is 0 Å². The minimum atomic E-state index is -0.0782. The van der Waals surface area contributed by atoms with Crippen LogP contribution in [0.25, 0.3) is 11.3 Å². The molecule has 2 N–H and O–H groups in total. The molecule has 1 amide bonds. The molecule has 29 heavy (non-hydrogen) atoms. The highest BCUT2D eigenvalue weighted by Gasteiger charge is 2.12. The van der Waals surface area contributed by atoms with Gasteiger partial charge >= 0.3 is 0 Å². The van der Waals surface area contributed by atoms with E-state index in [-0.39, 0.29) is 5.91 Å². The highest BCUT2D eigenvalue weighted by atomic mass is 16.5. The first-order valence-electron chi connectivity index (χ1n) is 9.36. The number of benzene rings is 2. The van der Waals surface area contributed by atoms with Crippen molar-refractivity contribution in [3.05, 3.63) is 66.5 Å². The molecule has 7 heteroatoms. The van der Waals surface area contributed by atoms with Gasteiger partial charge in [-0.3, -0.25) is 9.78 Å². The predicted molar refractivity (Wildman–Crippen MR) is 112 cm³/mol. The Morgan fingerprint density at radius 3 is 2.28 bits per heavy atom. The van der Waals surface area contributed by atoms with Crippen LogP contribution in [0.15, 0.2) is 60.9 Å². The Bertz CT molecular complexity index is 943. The number of carbonyl (C=O) groups excluding carboxylic acids is 1. The summed E-state index contributed by atoms with van der Waals surface area (Å²) in [4.78, 5) is 22.5. The molecular weight excluding hydrogens is 368 g/mol. The zero-order valence-electron chi connectivity index (χ0n) is 16.5. The zero-order valence-corrected chi connectivity index (χ0v) is 16.5. The van der Waals surface area contributed by atoms with Crippen LogP contribution in [0.4, 0.5) is 5.82 Å². The van der Waals surface area contributed by atoms with Crippen LogP contribution in [0.5, 0.6) is 11.5 Å². The first kappa shape index (κ1) is 20.1. The summed E-state index contributed by atoms with van der Waals surface area (Å²) in [5, 5.41) is 0. The number of amides is 1. The van der Waals surface area contributed by atoms with Gasteiger partial charge in [0.05, 0.1) is 31.2 Å². The van der Waals surface area contributed by atoms with E-state index >= 15 is 0 Å². The van der Waals surface area contributed by atoms with Gasteiger partial charge in [-0.15, -0.1) is 0 Å². The highest BCUT2D eigenvalue weighted by molar-refractivity contribution is 5.94. The van der Waals surface area contributed by atoms with E-state index in [1.165, 1.54) is 6.20 Å². The monoisotopic (exact) mass is 392 g/mol. The number of nitrogens with zero attached hydrogens (tertiary/aromatic N) is 3. The summed E-state index contributed by atoms with van der Waals surface area (Å²) in [7, 11) is 1.75. The SMILES string of the molecule is CCOc1ccc(OCCN(C)C(=O)c2ccc(-c3cncc(N)n3)cc2)cc1. The standard InChI is InChI=1S/C22H24N4O3/c1-3-28-18-8-10-19(11-9-18)29-13-12-26(2)22(27)17-6-4-16(5-7-17)20-14-24-15-21(23)25-20/h4-11,14-15H,3,12-13H2,1-2H3,(H2,23,25). The average molecular weight is 392 g/mol. The molecule has 1 aromatic heterocycles. The minimum absolute atomic E-state index is 0.0782. The fourth-order valence-electron chi connectivity index (χ4n) is 2.72. The topological polar surface area (TPSA) is 90.6 Å². The van der Waals surface area contributed by atoms with Crippen molar-refractivity contribution in [3.63, 3.8) is 0 Å². The van der Waals surface area contributed by atoms with E-state index in [1.807, 2.05) is 43.3 Å². The predicted octanol–water partition coefficient (Wildman–Crippen LogP) is 3.28. The first-order chi connectivity index (χ1) is 14.1. The molecule has 0 saturated heterocycles. The molecule has 0 aliphatic rings. The van der Waals surface area contributed by atoms with E-state index < -0.39 is 0 Å². The second kappa shape index (κ2) is 9.54. The van der Waals surface area contributed by atoms with Crippen LogP contribution >= 0.6 is 0 Å². The van der Waals surface area contributed by atoms with Crippen molar-refractivity contribution >= 4 is 11.7 Å². The number of nitrogens with two attached hydrogens (primary N) is 1. The third kappa shape index (κ3) is 5.44. The lowest BCUT2D eigenvalue weighted by molar-refractivity contribution is 0.0774. The van der Waals surface area contributed by atoms with E-state index in [2.05, 4.69) is 9.97 Å². The van der Waals surface area contributed by atoms with Gasteiger partial charge in [0.2, 0.25) is 0 Å². The second-order valence-electron chi connectivity index (χ2n) is 6.39. The molecule has 2 aromatic carbocycles.